The number of hydrogen-bond acceptors (Lipinski definition) is 4. The van der Waals surface area contributed by atoms with Crippen LogP contribution in [-0.4, -0.2) is 46.7 Å². The van der Waals surface area contributed by atoms with Gasteiger partial charge in [0.2, 0.25) is 10.0 Å². The second-order valence-electron chi connectivity index (χ2n) is 3.91. The van der Waals surface area contributed by atoms with E-state index in [1.165, 1.54) is 7.05 Å². The summed E-state index contributed by atoms with van der Waals surface area (Å²) >= 11 is 0. The fraction of sp³-hybridized carbons (Fsp3) is 0.400. The molecule has 0 saturated carbocycles. The van der Waals surface area contributed by atoms with Crippen molar-refractivity contribution in [2.45, 2.75) is 4.90 Å². The monoisotopic (exact) mass is 295 g/mol. The number of hydrogen-bond donors (Lipinski definition) is 0. The van der Waals surface area contributed by atoms with Crippen molar-refractivity contribution in [3.05, 3.63) is 30.1 Å². The Morgan fingerprint density at radius 3 is 2.06 bits per heavy atom. The molecule has 0 bridgehead atoms. The topological polar surface area (TPSA) is 71.5 Å². The van der Waals surface area contributed by atoms with Crippen molar-refractivity contribution in [2.75, 3.05) is 25.6 Å². The van der Waals surface area contributed by atoms with E-state index in [9.17, 15) is 21.2 Å². The molecule has 0 aliphatic rings. The molecule has 0 N–H and O–H groups in total. The minimum atomic E-state index is -3.78. The second kappa shape index (κ2) is 5.33. The van der Waals surface area contributed by atoms with Crippen molar-refractivity contribution < 1.29 is 21.2 Å². The molecule has 0 fully saturated rings. The number of sulfonamides is 1. The largest absolute Gasteiger partial charge is 0.242 e. The van der Waals surface area contributed by atoms with Crippen molar-refractivity contribution in [3.63, 3.8) is 0 Å². The smallest absolute Gasteiger partial charge is 0.229 e. The van der Waals surface area contributed by atoms with Crippen molar-refractivity contribution in [1.29, 1.82) is 0 Å². The summed E-state index contributed by atoms with van der Waals surface area (Å²) in [5.41, 5.74) is 0. The first kappa shape index (κ1) is 15.1. The van der Waals surface area contributed by atoms with E-state index in [0.29, 0.717) is 0 Å². The highest BCUT2D eigenvalue weighted by molar-refractivity contribution is 7.91. The minimum Gasteiger partial charge on any atom is -0.229 e. The molecule has 0 saturated heterocycles. The minimum absolute atomic E-state index is 0.0695. The molecule has 0 atom stereocenters. The lowest BCUT2D eigenvalue weighted by atomic mass is 10.4. The van der Waals surface area contributed by atoms with Gasteiger partial charge in [-0.1, -0.05) is 0 Å². The Morgan fingerprint density at radius 2 is 1.61 bits per heavy atom. The molecule has 18 heavy (non-hydrogen) atoms. The van der Waals surface area contributed by atoms with E-state index >= 15 is 0 Å². The third-order valence-corrected chi connectivity index (χ3v) is 5.09. The van der Waals surface area contributed by atoms with Crippen LogP contribution in [0.25, 0.3) is 0 Å². The van der Waals surface area contributed by atoms with Gasteiger partial charge >= 0.3 is 0 Å². The third kappa shape index (κ3) is 4.04. The van der Waals surface area contributed by atoms with Crippen LogP contribution in [0.2, 0.25) is 0 Å². The molecule has 8 heteroatoms. The van der Waals surface area contributed by atoms with Gasteiger partial charge in [-0.05, 0) is 24.3 Å². The van der Waals surface area contributed by atoms with Gasteiger partial charge in [0.15, 0.2) is 0 Å². The molecule has 1 rings (SSSR count). The Balaban J connectivity index is 2.90. The van der Waals surface area contributed by atoms with Gasteiger partial charge in [-0.15, -0.1) is 0 Å². The molecule has 102 valence electrons. The van der Waals surface area contributed by atoms with Crippen LogP contribution >= 0.6 is 0 Å². The maximum atomic E-state index is 12.7. The van der Waals surface area contributed by atoms with Gasteiger partial charge in [0, 0.05) is 19.8 Å². The van der Waals surface area contributed by atoms with Gasteiger partial charge in [-0.25, -0.2) is 21.2 Å². The fourth-order valence-corrected chi connectivity index (χ4v) is 3.09. The summed E-state index contributed by atoms with van der Waals surface area (Å²) < 4.78 is 59.5. The molecule has 0 aliphatic carbocycles. The summed E-state index contributed by atoms with van der Waals surface area (Å²) in [6.45, 7) is -0.140. The third-order valence-electron chi connectivity index (χ3n) is 2.30. The Bertz CT molecular complexity index is 608. The molecule has 0 unspecified atom stereocenters. The average Bonchev–Trinajstić information content (AvgIpc) is 2.25. The molecule has 5 nitrogen and oxygen atoms in total. The Labute approximate surface area is 106 Å². The molecule has 0 heterocycles. The van der Waals surface area contributed by atoms with Crippen LogP contribution in [-0.2, 0) is 19.9 Å². The summed E-state index contributed by atoms with van der Waals surface area (Å²) in [5.74, 6) is -0.794. The second-order valence-corrected chi connectivity index (χ2v) is 8.22. The molecular formula is C10H14FNO4S2. The molecule has 0 aliphatic heterocycles. The number of halogens is 1. The number of nitrogens with zero attached hydrogens (tertiary/aromatic N) is 1. The lowest BCUT2D eigenvalue weighted by Gasteiger charge is -2.16. The predicted octanol–water partition coefficient (Wildman–Crippen LogP) is 0.491. The zero-order valence-electron chi connectivity index (χ0n) is 10.00. The zero-order chi connectivity index (χ0) is 14.0. The summed E-state index contributed by atoms with van der Waals surface area (Å²) in [6.07, 6.45) is 1.03. The van der Waals surface area contributed by atoms with Gasteiger partial charge in [-0.3, -0.25) is 0 Å². The van der Waals surface area contributed by atoms with E-state index in [1.807, 2.05) is 0 Å². The summed E-state index contributed by atoms with van der Waals surface area (Å²) in [4.78, 5) is -0.0695. The van der Waals surface area contributed by atoms with Gasteiger partial charge in [0.05, 0.1) is 10.6 Å². The van der Waals surface area contributed by atoms with Gasteiger partial charge < -0.3 is 0 Å². The van der Waals surface area contributed by atoms with Crippen molar-refractivity contribution in [2.24, 2.45) is 0 Å². The molecule has 0 amide bonds. The Kier molecular flexibility index (Phi) is 4.46. The first-order chi connectivity index (χ1) is 8.13. The lowest BCUT2D eigenvalue weighted by molar-refractivity contribution is 0.484. The highest BCUT2D eigenvalue weighted by Crippen LogP contribution is 2.14. The van der Waals surface area contributed by atoms with E-state index in [4.69, 9.17) is 0 Å². The normalized spacial score (nSPS) is 12.9. The van der Waals surface area contributed by atoms with Crippen molar-refractivity contribution in [1.82, 2.24) is 4.31 Å². The molecule has 1 aromatic rings. The van der Waals surface area contributed by atoms with Crippen LogP contribution in [0.15, 0.2) is 29.2 Å². The maximum Gasteiger partial charge on any atom is 0.242 e. The zero-order valence-corrected chi connectivity index (χ0v) is 11.6. The van der Waals surface area contributed by atoms with E-state index in [2.05, 4.69) is 0 Å². The Hall–Kier alpha value is -0.990. The standard InChI is InChI=1S/C10H14FNO4S2/c1-12(7-8-17(2,13)14)18(15,16)10-5-3-9(11)4-6-10/h3-6H,7-8H2,1-2H3. The van der Waals surface area contributed by atoms with Crippen molar-refractivity contribution >= 4 is 19.9 Å². The summed E-state index contributed by atoms with van der Waals surface area (Å²) in [5, 5.41) is 0. The Morgan fingerprint density at radius 1 is 1.11 bits per heavy atom. The fourth-order valence-electron chi connectivity index (χ4n) is 1.20. The lowest BCUT2D eigenvalue weighted by Crippen LogP contribution is -2.31. The first-order valence-electron chi connectivity index (χ1n) is 5.02. The molecular weight excluding hydrogens is 281 g/mol. The highest BCUT2D eigenvalue weighted by Gasteiger charge is 2.21. The van der Waals surface area contributed by atoms with Crippen molar-refractivity contribution in [3.8, 4) is 0 Å². The van der Waals surface area contributed by atoms with Crippen LogP contribution in [0, 0.1) is 5.82 Å². The van der Waals surface area contributed by atoms with Crippen LogP contribution in [0.3, 0.4) is 0 Å². The van der Waals surface area contributed by atoms with E-state index in [0.717, 1.165) is 34.8 Å². The van der Waals surface area contributed by atoms with Crippen LogP contribution < -0.4 is 0 Å². The van der Waals surface area contributed by atoms with E-state index < -0.39 is 25.7 Å². The first-order valence-corrected chi connectivity index (χ1v) is 8.52. The number of benzene rings is 1. The van der Waals surface area contributed by atoms with Gasteiger partial charge in [0.1, 0.15) is 15.7 Å². The number of sulfone groups is 1. The molecule has 0 aromatic heterocycles. The quantitative estimate of drug-likeness (QED) is 0.792. The predicted molar refractivity (Wildman–Crippen MR) is 65.9 cm³/mol. The van der Waals surface area contributed by atoms with Gasteiger partial charge in [-0.2, -0.15) is 4.31 Å². The highest BCUT2D eigenvalue weighted by atomic mass is 32.2. The van der Waals surface area contributed by atoms with Crippen LogP contribution in [0.1, 0.15) is 0 Å². The summed E-state index contributed by atoms with van der Waals surface area (Å²) in [7, 11) is -5.73. The maximum absolute atomic E-state index is 12.7. The number of rotatable bonds is 5. The van der Waals surface area contributed by atoms with Crippen LogP contribution in [0.4, 0.5) is 4.39 Å². The average molecular weight is 295 g/mol. The SMILES string of the molecule is CN(CCS(C)(=O)=O)S(=O)(=O)c1ccc(F)cc1. The molecule has 0 radical (unpaired) electrons. The van der Waals surface area contributed by atoms with E-state index in [-0.39, 0.29) is 17.2 Å². The molecule has 0 spiro atoms. The molecule has 1 aromatic carbocycles. The van der Waals surface area contributed by atoms with Gasteiger partial charge in [0.25, 0.3) is 0 Å². The summed E-state index contributed by atoms with van der Waals surface area (Å²) in [6, 6.07) is 4.36. The van der Waals surface area contributed by atoms with Crippen LogP contribution in [0.5, 0.6) is 0 Å². The van der Waals surface area contributed by atoms with E-state index in [1.54, 1.807) is 0 Å².